The van der Waals surface area contributed by atoms with Crippen molar-refractivity contribution >= 4 is 26.0 Å². The molecular formula is C21H20BrNO2S. The zero-order chi connectivity index (χ0) is 18.6. The molecule has 1 atom stereocenters. The van der Waals surface area contributed by atoms with E-state index in [4.69, 9.17) is 0 Å². The van der Waals surface area contributed by atoms with E-state index in [0.29, 0.717) is 11.4 Å². The Labute approximate surface area is 163 Å². The number of rotatable bonds is 6. The van der Waals surface area contributed by atoms with E-state index in [1.54, 1.807) is 28.6 Å². The third-order valence-electron chi connectivity index (χ3n) is 4.32. The van der Waals surface area contributed by atoms with Gasteiger partial charge in [0.25, 0.3) is 0 Å². The molecule has 0 heterocycles. The summed E-state index contributed by atoms with van der Waals surface area (Å²) in [5, 5.41) is 0. The topological polar surface area (TPSA) is 37.4 Å². The van der Waals surface area contributed by atoms with Crippen molar-refractivity contribution in [3.63, 3.8) is 0 Å². The highest BCUT2D eigenvalue weighted by molar-refractivity contribution is 9.10. The predicted molar refractivity (Wildman–Crippen MR) is 108 cm³/mol. The molecule has 3 rings (SSSR count). The second-order valence-corrected chi connectivity index (χ2v) is 8.88. The minimum absolute atomic E-state index is 0.287. The molecule has 0 saturated heterocycles. The van der Waals surface area contributed by atoms with Crippen LogP contribution in [0.5, 0.6) is 0 Å². The van der Waals surface area contributed by atoms with Crippen LogP contribution in [-0.2, 0) is 16.6 Å². The van der Waals surface area contributed by atoms with Crippen LogP contribution in [0.15, 0.2) is 94.3 Å². The van der Waals surface area contributed by atoms with Gasteiger partial charge in [0.05, 0.1) is 4.90 Å². The lowest BCUT2D eigenvalue weighted by atomic mass is 10.1. The van der Waals surface area contributed by atoms with Gasteiger partial charge in [0.1, 0.15) is 0 Å². The molecule has 3 nitrogen and oxygen atoms in total. The van der Waals surface area contributed by atoms with Gasteiger partial charge < -0.3 is 0 Å². The SMILES string of the molecule is C[C@@H](c1ccccc1)N(Cc1ccccc1)S(=O)(=O)c1ccc(Br)cc1. The molecule has 134 valence electrons. The molecule has 0 fully saturated rings. The maximum absolute atomic E-state index is 13.4. The number of sulfonamides is 1. The maximum atomic E-state index is 13.4. The summed E-state index contributed by atoms with van der Waals surface area (Å²) in [7, 11) is -3.65. The summed E-state index contributed by atoms with van der Waals surface area (Å²) in [6.07, 6.45) is 0. The fourth-order valence-electron chi connectivity index (χ4n) is 2.83. The van der Waals surface area contributed by atoms with E-state index < -0.39 is 10.0 Å². The van der Waals surface area contributed by atoms with Crippen LogP contribution in [0.25, 0.3) is 0 Å². The zero-order valence-electron chi connectivity index (χ0n) is 14.4. The van der Waals surface area contributed by atoms with E-state index in [1.807, 2.05) is 67.6 Å². The van der Waals surface area contributed by atoms with Crippen molar-refractivity contribution in [3.8, 4) is 0 Å². The van der Waals surface area contributed by atoms with Gasteiger partial charge in [0.2, 0.25) is 10.0 Å². The lowest BCUT2D eigenvalue weighted by Crippen LogP contribution is -2.33. The van der Waals surface area contributed by atoms with Crippen LogP contribution in [0.3, 0.4) is 0 Å². The molecule has 5 heteroatoms. The molecule has 0 amide bonds. The Morgan fingerprint density at radius 1 is 0.846 bits per heavy atom. The van der Waals surface area contributed by atoms with Crippen molar-refractivity contribution in [2.24, 2.45) is 0 Å². The van der Waals surface area contributed by atoms with Gasteiger partial charge in [-0.1, -0.05) is 76.6 Å². The van der Waals surface area contributed by atoms with E-state index in [9.17, 15) is 8.42 Å². The summed E-state index contributed by atoms with van der Waals surface area (Å²) in [5.74, 6) is 0. The first-order valence-corrected chi connectivity index (χ1v) is 10.6. The van der Waals surface area contributed by atoms with E-state index in [-0.39, 0.29) is 6.04 Å². The molecule has 0 spiro atoms. The average Bonchev–Trinajstić information content (AvgIpc) is 2.67. The number of hydrogen-bond acceptors (Lipinski definition) is 2. The molecule has 26 heavy (non-hydrogen) atoms. The van der Waals surface area contributed by atoms with Gasteiger partial charge in [-0.2, -0.15) is 4.31 Å². The summed E-state index contributed by atoms with van der Waals surface area (Å²) in [4.78, 5) is 0.291. The van der Waals surface area contributed by atoms with Crippen molar-refractivity contribution in [2.45, 2.75) is 24.4 Å². The van der Waals surface area contributed by atoms with Crippen LogP contribution >= 0.6 is 15.9 Å². The smallest absolute Gasteiger partial charge is 0.207 e. The van der Waals surface area contributed by atoms with Gasteiger partial charge >= 0.3 is 0 Å². The molecule has 3 aromatic carbocycles. The van der Waals surface area contributed by atoms with Crippen molar-refractivity contribution in [1.29, 1.82) is 0 Å². The third kappa shape index (κ3) is 4.23. The first-order chi connectivity index (χ1) is 12.5. The van der Waals surface area contributed by atoms with E-state index in [2.05, 4.69) is 15.9 Å². The quantitative estimate of drug-likeness (QED) is 0.525. The summed E-state index contributed by atoms with van der Waals surface area (Å²) in [6, 6.07) is 25.9. The molecule has 0 bridgehead atoms. The molecule has 0 aliphatic carbocycles. The van der Waals surface area contributed by atoms with Crippen LogP contribution in [0.2, 0.25) is 0 Å². The Bertz CT molecular complexity index is 942. The minimum Gasteiger partial charge on any atom is -0.207 e. The molecule has 0 radical (unpaired) electrons. The van der Waals surface area contributed by atoms with Crippen molar-refractivity contribution < 1.29 is 8.42 Å². The fourth-order valence-corrected chi connectivity index (χ4v) is 4.71. The normalized spacial score (nSPS) is 12.9. The lowest BCUT2D eigenvalue weighted by molar-refractivity contribution is 0.336. The lowest BCUT2D eigenvalue weighted by Gasteiger charge is -2.29. The molecule has 0 N–H and O–H groups in total. The van der Waals surface area contributed by atoms with Crippen LogP contribution in [0.4, 0.5) is 0 Å². The highest BCUT2D eigenvalue weighted by Crippen LogP contribution is 2.30. The second-order valence-electron chi connectivity index (χ2n) is 6.08. The third-order valence-corrected chi connectivity index (χ3v) is 6.77. The monoisotopic (exact) mass is 429 g/mol. The van der Waals surface area contributed by atoms with Crippen LogP contribution in [0, 0.1) is 0 Å². The average molecular weight is 430 g/mol. The maximum Gasteiger partial charge on any atom is 0.243 e. The largest absolute Gasteiger partial charge is 0.243 e. The van der Waals surface area contributed by atoms with E-state index in [1.165, 1.54) is 0 Å². The van der Waals surface area contributed by atoms with Crippen molar-refractivity contribution in [2.75, 3.05) is 0 Å². The minimum atomic E-state index is -3.65. The number of benzene rings is 3. The number of nitrogens with zero attached hydrogens (tertiary/aromatic N) is 1. The first kappa shape index (κ1) is 18.8. The van der Waals surface area contributed by atoms with Crippen LogP contribution in [0.1, 0.15) is 24.1 Å². The summed E-state index contributed by atoms with van der Waals surface area (Å²) in [6.45, 7) is 2.24. The molecule has 0 aliphatic rings. The Hall–Kier alpha value is -1.95. The van der Waals surface area contributed by atoms with E-state index in [0.717, 1.165) is 15.6 Å². The van der Waals surface area contributed by atoms with Crippen LogP contribution in [-0.4, -0.2) is 12.7 Å². The molecule has 0 aliphatic heterocycles. The molecular weight excluding hydrogens is 410 g/mol. The second kappa shape index (κ2) is 8.16. The predicted octanol–water partition coefficient (Wildman–Crippen LogP) is 5.40. The van der Waals surface area contributed by atoms with Crippen molar-refractivity contribution in [1.82, 2.24) is 4.31 Å². The van der Waals surface area contributed by atoms with Gasteiger partial charge in [0, 0.05) is 17.1 Å². The Morgan fingerprint density at radius 3 is 1.96 bits per heavy atom. The van der Waals surface area contributed by atoms with Crippen LogP contribution < -0.4 is 0 Å². The van der Waals surface area contributed by atoms with Gasteiger partial charge in [-0.3, -0.25) is 0 Å². The molecule has 3 aromatic rings. The summed E-state index contributed by atoms with van der Waals surface area (Å²) >= 11 is 3.36. The van der Waals surface area contributed by atoms with Gasteiger partial charge in [-0.15, -0.1) is 0 Å². The first-order valence-electron chi connectivity index (χ1n) is 8.35. The van der Waals surface area contributed by atoms with Gasteiger partial charge in [0.15, 0.2) is 0 Å². The fraction of sp³-hybridized carbons (Fsp3) is 0.143. The Balaban J connectivity index is 2.03. The summed E-state index contributed by atoms with van der Waals surface area (Å²) < 4.78 is 29.2. The van der Waals surface area contributed by atoms with Gasteiger partial charge in [-0.05, 0) is 42.3 Å². The zero-order valence-corrected chi connectivity index (χ0v) is 16.8. The highest BCUT2D eigenvalue weighted by atomic mass is 79.9. The molecule has 0 saturated carbocycles. The number of hydrogen-bond donors (Lipinski definition) is 0. The summed E-state index contributed by atoms with van der Waals surface area (Å²) in [5.41, 5.74) is 1.92. The van der Waals surface area contributed by atoms with Crippen molar-refractivity contribution in [3.05, 3.63) is 101 Å². The number of halogens is 1. The highest BCUT2D eigenvalue weighted by Gasteiger charge is 2.30. The Kier molecular flexibility index (Phi) is 5.91. The van der Waals surface area contributed by atoms with Gasteiger partial charge in [-0.25, -0.2) is 8.42 Å². The molecule has 0 unspecified atom stereocenters. The molecule has 0 aromatic heterocycles. The van der Waals surface area contributed by atoms with E-state index >= 15 is 0 Å². The standard InChI is InChI=1S/C21H20BrNO2S/c1-17(19-10-6-3-7-11-19)23(16-18-8-4-2-5-9-18)26(24,25)21-14-12-20(22)13-15-21/h2-15,17H,16H2,1H3/t17-/m0/s1. The Morgan fingerprint density at radius 2 is 1.38 bits per heavy atom.